The van der Waals surface area contributed by atoms with Crippen molar-refractivity contribution in [1.29, 1.82) is 0 Å². The summed E-state index contributed by atoms with van der Waals surface area (Å²) in [5.41, 5.74) is 2.49. The van der Waals surface area contributed by atoms with E-state index in [1.807, 2.05) is 0 Å². The third-order valence-corrected chi connectivity index (χ3v) is 1.84. The molecule has 0 aliphatic carbocycles. The van der Waals surface area contributed by atoms with Crippen LogP contribution in [0.15, 0.2) is 0 Å². The molecule has 0 saturated carbocycles. The summed E-state index contributed by atoms with van der Waals surface area (Å²) in [5, 5.41) is 0.647. The molecule has 0 rings (SSSR count). The molecule has 0 aliphatic heterocycles. The fraction of sp³-hybridized carbons (Fsp3) is 0.833. The number of hydrazine groups is 1. The second kappa shape index (κ2) is 9.44. The first-order valence-corrected chi connectivity index (χ1v) is 4.49. The normalized spacial score (nSPS) is 11.6. The number of nitrogens with one attached hydrogen (secondary N) is 1. The van der Waals surface area contributed by atoms with Crippen LogP contribution in [-0.2, 0) is 9.53 Å². The van der Waals surface area contributed by atoms with Gasteiger partial charge >= 0.3 is 5.97 Å². The number of halogens is 2. The molecule has 0 spiro atoms. The van der Waals surface area contributed by atoms with E-state index in [0.29, 0.717) is 11.9 Å². The van der Waals surface area contributed by atoms with Gasteiger partial charge in [-0.25, -0.2) is 0 Å². The number of ether oxygens (including phenoxy) is 1. The lowest BCUT2D eigenvalue weighted by Crippen LogP contribution is -2.28. The topological polar surface area (TPSA) is 64.3 Å². The Bertz CT molecular complexity index is 124. The molecule has 0 radical (unpaired) electrons. The minimum absolute atomic E-state index is 0. The Morgan fingerprint density at radius 2 is 2.33 bits per heavy atom. The highest BCUT2D eigenvalue weighted by atomic mass is 79.9. The van der Waals surface area contributed by atoms with Crippen molar-refractivity contribution < 1.29 is 9.53 Å². The fourth-order valence-electron chi connectivity index (χ4n) is 0.647. The van der Waals surface area contributed by atoms with Gasteiger partial charge in [-0.3, -0.25) is 16.1 Å². The number of carbonyl (C=O) groups excluding carboxylic acids is 1. The molecular weight excluding hydrogens is 292 g/mol. The van der Waals surface area contributed by atoms with E-state index >= 15 is 0 Å². The van der Waals surface area contributed by atoms with E-state index < -0.39 is 0 Å². The number of alkyl halides is 1. The maximum Gasteiger partial charge on any atom is 0.302 e. The molecule has 74 valence electrons. The van der Waals surface area contributed by atoms with Crippen LogP contribution in [-0.4, -0.2) is 23.9 Å². The molecule has 0 unspecified atom stereocenters. The molecular formula is C6H14Br2N2O2. The Morgan fingerprint density at radius 1 is 1.75 bits per heavy atom. The molecule has 0 aromatic heterocycles. The quantitative estimate of drug-likeness (QED) is 0.340. The van der Waals surface area contributed by atoms with Gasteiger partial charge in [0.1, 0.15) is 6.10 Å². The van der Waals surface area contributed by atoms with Crippen LogP contribution in [0.1, 0.15) is 13.3 Å². The summed E-state index contributed by atoms with van der Waals surface area (Å²) < 4.78 is 4.92. The van der Waals surface area contributed by atoms with E-state index in [9.17, 15) is 4.79 Å². The SMILES string of the molecule is Br.CC(=O)O[C@H](CBr)CCNN. The number of carbonyl (C=O) groups is 1. The van der Waals surface area contributed by atoms with Crippen LogP contribution < -0.4 is 11.3 Å². The van der Waals surface area contributed by atoms with Gasteiger partial charge in [0, 0.05) is 18.8 Å². The van der Waals surface area contributed by atoms with Gasteiger partial charge in [-0.05, 0) is 6.42 Å². The van der Waals surface area contributed by atoms with Gasteiger partial charge in [0.05, 0.1) is 0 Å². The zero-order valence-electron chi connectivity index (χ0n) is 6.88. The highest BCUT2D eigenvalue weighted by molar-refractivity contribution is 9.09. The van der Waals surface area contributed by atoms with Gasteiger partial charge in [-0.15, -0.1) is 17.0 Å². The lowest BCUT2D eigenvalue weighted by molar-refractivity contribution is -0.145. The highest BCUT2D eigenvalue weighted by Crippen LogP contribution is 2.01. The third-order valence-electron chi connectivity index (χ3n) is 1.12. The molecule has 0 saturated heterocycles. The third kappa shape index (κ3) is 8.45. The van der Waals surface area contributed by atoms with Crippen molar-refractivity contribution in [1.82, 2.24) is 5.43 Å². The molecule has 0 heterocycles. The minimum Gasteiger partial charge on any atom is -0.462 e. The van der Waals surface area contributed by atoms with E-state index in [2.05, 4.69) is 21.4 Å². The Hall–Kier alpha value is 0.350. The maximum absolute atomic E-state index is 10.5. The minimum atomic E-state index is -0.258. The van der Waals surface area contributed by atoms with Gasteiger partial charge < -0.3 is 4.74 Å². The van der Waals surface area contributed by atoms with Gasteiger partial charge in [-0.1, -0.05) is 15.9 Å². The van der Waals surface area contributed by atoms with E-state index in [0.717, 1.165) is 6.42 Å². The molecule has 12 heavy (non-hydrogen) atoms. The molecule has 0 aliphatic rings. The molecule has 3 N–H and O–H groups in total. The number of nitrogens with two attached hydrogens (primary N) is 1. The van der Waals surface area contributed by atoms with Gasteiger partial charge in [0.2, 0.25) is 0 Å². The summed E-state index contributed by atoms with van der Waals surface area (Å²) in [7, 11) is 0. The second-order valence-electron chi connectivity index (χ2n) is 2.13. The predicted molar refractivity (Wildman–Crippen MR) is 56.5 cm³/mol. The van der Waals surface area contributed by atoms with E-state index in [1.54, 1.807) is 0 Å². The Kier molecular flexibility index (Phi) is 11.7. The summed E-state index contributed by atoms with van der Waals surface area (Å²) in [6.07, 6.45) is 0.643. The Morgan fingerprint density at radius 3 is 2.67 bits per heavy atom. The summed E-state index contributed by atoms with van der Waals surface area (Å²) in [5.74, 6) is 4.80. The van der Waals surface area contributed by atoms with Gasteiger partial charge in [-0.2, -0.15) is 0 Å². The van der Waals surface area contributed by atoms with E-state index in [1.165, 1.54) is 6.92 Å². The Balaban J connectivity index is 0. The molecule has 0 aromatic carbocycles. The lowest BCUT2D eigenvalue weighted by atomic mass is 10.3. The van der Waals surface area contributed by atoms with Crippen LogP contribution in [0.3, 0.4) is 0 Å². The smallest absolute Gasteiger partial charge is 0.302 e. The summed E-state index contributed by atoms with van der Waals surface area (Å²) in [6.45, 7) is 2.04. The first-order chi connectivity index (χ1) is 5.20. The number of esters is 1. The largest absolute Gasteiger partial charge is 0.462 e. The van der Waals surface area contributed by atoms with Crippen molar-refractivity contribution in [3.05, 3.63) is 0 Å². The van der Waals surface area contributed by atoms with Crippen molar-refractivity contribution >= 4 is 38.9 Å². The monoisotopic (exact) mass is 304 g/mol. The standard InChI is InChI=1S/C6H13BrN2O2.BrH/c1-5(10)11-6(4-7)2-3-9-8;/h6,9H,2-4,8H2,1H3;1H/t6-;/m0./s1. The molecule has 1 atom stereocenters. The van der Waals surface area contributed by atoms with Crippen molar-refractivity contribution in [2.75, 3.05) is 11.9 Å². The van der Waals surface area contributed by atoms with Crippen LogP contribution in [0.4, 0.5) is 0 Å². The van der Waals surface area contributed by atoms with E-state index in [-0.39, 0.29) is 29.1 Å². The molecule has 4 nitrogen and oxygen atoms in total. The average molecular weight is 306 g/mol. The average Bonchev–Trinajstić information content (AvgIpc) is 1.97. The number of hydrogen-bond donors (Lipinski definition) is 2. The number of hydrogen-bond acceptors (Lipinski definition) is 4. The lowest BCUT2D eigenvalue weighted by Gasteiger charge is -2.12. The van der Waals surface area contributed by atoms with Crippen molar-refractivity contribution in [3.8, 4) is 0 Å². The van der Waals surface area contributed by atoms with Crippen LogP contribution in [0, 0.1) is 0 Å². The van der Waals surface area contributed by atoms with Gasteiger partial charge in [0.15, 0.2) is 0 Å². The fourth-order valence-corrected chi connectivity index (χ4v) is 1.10. The molecule has 0 aromatic rings. The maximum atomic E-state index is 10.5. The van der Waals surface area contributed by atoms with Crippen LogP contribution >= 0.6 is 32.9 Å². The van der Waals surface area contributed by atoms with Crippen molar-refractivity contribution in [2.45, 2.75) is 19.4 Å². The zero-order chi connectivity index (χ0) is 8.69. The molecule has 0 amide bonds. The molecule has 0 bridgehead atoms. The Labute approximate surface area is 91.1 Å². The summed E-state index contributed by atoms with van der Waals surface area (Å²) in [6, 6.07) is 0. The zero-order valence-corrected chi connectivity index (χ0v) is 10.2. The number of rotatable bonds is 5. The van der Waals surface area contributed by atoms with Crippen LogP contribution in [0.5, 0.6) is 0 Å². The first kappa shape index (κ1) is 14.9. The van der Waals surface area contributed by atoms with Gasteiger partial charge in [0.25, 0.3) is 0 Å². The van der Waals surface area contributed by atoms with Crippen LogP contribution in [0.2, 0.25) is 0 Å². The van der Waals surface area contributed by atoms with Crippen molar-refractivity contribution in [2.24, 2.45) is 5.84 Å². The first-order valence-electron chi connectivity index (χ1n) is 3.37. The summed E-state index contributed by atoms with van der Waals surface area (Å²) in [4.78, 5) is 10.5. The van der Waals surface area contributed by atoms with Crippen molar-refractivity contribution in [3.63, 3.8) is 0 Å². The highest BCUT2D eigenvalue weighted by Gasteiger charge is 2.08. The van der Waals surface area contributed by atoms with E-state index in [4.69, 9.17) is 10.6 Å². The van der Waals surface area contributed by atoms with Crippen LogP contribution in [0.25, 0.3) is 0 Å². The predicted octanol–water partition coefficient (Wildman–Crippen LogP) is 0.744. The second-order valence-corrected chi connectivity index (χ2v) is 2.78. The molecule has 6 heteroatoms. The summed E-state index contributed by atoms with van der Waals surface area (Å²) >= 11 is 3.23. The molecule has 0 fully saturated rings.